The van der Waals surface area contributed by atoms with E-state index in [1.165, 1.54) is 7.11 Å². The van der Waals surface area contributed by atoms with Gasteiger partial charge in [-0.05, 0) is 19.8 Å². The number of hydrogen-bond acceptors (Lipinski definition) is 6. The number of urea groups is 1. The highest BCUT2D eigenvalue weighted by molar-refractivity contribution is 5.90. The zero-order valence-corrected chi connectivity index (χ0v) is 13.4. The van der Waals surface area contributed by atoms with Crippen LogP contribution in [0.2, 0.25) is 0 Å². The van der Waals surface area contributed by atoms with E-state index in [1.54, 1.807) is 29.7 Å². The average molecular weight is 320 g/mol. The Morgan fingerprint density at radius 3 is 2.78 bits per heavy atom. The van der Waals surface area contributed by atoms with Crippen LogP contribution >= 0.6 is 0 Å². The third kappa shape index (κ3) is 3.27. The van der Waals surface area contributed by atoms with Crippen LogP contribution in [-0.2, 0) is 7.05 Å². The van der Waals surface area contributed by atoms with E-state index < -0.39 is 0 Å². The van der Waals surface area contributed by atoms with Crippen LogP contribution in [0, 0.1) is 6.92 Å². The number of ether oxygens (including phenoxy) is 1. The standard InChI is InChI=1S/C14H20N6O3/c1-9-15-12(23-18-9)10-4-6-20(7-5-10)14(21)16-11-8-19(2)17-13(11)22-3/h8,10H,4-7H2,1-3H3,(H,16,21). The Bertz CT molecular complexity index is 686. The van der Waals surface area contributed by atoms with E-state index in [-0.39, 0.29) is 11.9 Å². The number of likely N-dealkylation sites (tertiary alicyclic amines) is 1. The molecule has 124 valence electrons. The number of amides is 2. The van der Waals surface area contributed by atoms with E-state index in [4.69, 9.17) is 9.26 Å². The number of methoxy groups -OCH3 is 1. The SMILES string of the molecule is COc1nn(C)cc1NC(=O)N1CCC(c2nc(C)no2)CC1. The molecule has 1 fully saturated rings. The van der Waals surface area contributed by atoms with Gasteiger partial charge in [-0.3, -0.25) is 4.68 Å². The van der Waals surface area contributed by atoms with Crippen LogP contribution in [0.4, 0.5) is 10.5 Å². The smallest absolute Gasteiger partial charge is 0.322 e. The molecule has 2 aromatic rings. The number of rotatable bonds is 3. The van der Waals surface area contributed by atoms with Crippen molar-refractivity contribution in [3.63, 3.8) is 0 Å². The highest BCUT2D eigenvalue weighted by Gasteiger charge is 2.27. The molecule has 0 atom stereocenters. The molecule has 1 N–H and O–H groups in total. The molecule has 0 aliphatic carbocycles. The van der Waals surface area contributed by atoms with Crippen molar-refractivity contribution in [1.29, 1.82) is 0 Å². The van der Waals surface area contributed by atoms with Crippen molar-refractivity contribution in [3.8, 4) is 5.88 Å². The van der Waals surface area contributed by atoms with Gasteiger partial charge in [-0.15, -0.1) is 5.10 Å². The van der Waals surface area contributed by atoms with E-state index in [2.05, 4.69) is 20.6 Å². The second-order valence-corrected chi connectivity index (χ2v) is 5.60. The van der Waals surface area contributed by atoms with Gasteiger partial charge in [0.05, 0.1) is 13.3 Å². The number of anilines is 1. The molecular weight excluding hydrogens is 300 g/mol. The quantitative estimate of drug-likeness (QED) is 0.921. The summed E-state index contributed by atoms with van der Waals surface area (Å²) in [5.74, 6) is 1.92. The third-order valence-electron chi connectivity index (χ3n) is 3.90. The van der Waals surface area contributed by atoms with Crippen LogP contribution in [0.25, 0.3) is 0 Å². The first-order chi connectivity index (χ1) is 11.1. The van der Waals surface area contributed by atoms with Crippen LogP contribution < -0.4 is 10.1 Å². The predicted octanol–water partition coefficient (Wildman–Crippen LogP) is 1.53. The van der Waals surface area contributed by atoms with Crippen LogP contribution in [0.3, 0.4) is 0 Å². The molecule has 1 aliphatic rings. The Morgan fingerprint density at radius 1 is 1.43 bits per heavy atom. The topological polar surface area (TPSA) is 98.3 Å². The number of piperidine rings is 1. The minimum absolute atomic E-state index is 0.156. The maximum absolute atomic E-state index is 12.4. The Hall–Kier alpha value is -2.58. The summed E-state index contributed by atoms with van der Waals surface area (Å²) in [7, 11) is 3.30. The summed E-state index contributed by atoms with van der Waals surface area (Å²) >= 11 is 0. The number of nitrogens with zero attached hydrogens (tertiary/aromatic N) is 5. The predicted molar refractivity (Wildman–Crippen MR) is 81.4 cm³/mol. The van der Waals surface area contributed by atoms with Gasteiger partial charge in [-0.25, -0.2) is 4.79 Å². The van der Waals surface area contributed by atoms with Crippen molar-refractivity contribution in [2.75, 3.05) is 25.5 Å². The lowest BCUT2D eigenvalue weighted by Gasteiger charge is -2.30. The molecule has 2 amide bonds. The molecule has 2 aromatic heterocycles. The largest absolute Gasteiger partial charge is 0.478 e. The maximum Gasteiger partial charge on any atom is 0.322 e. The van der Waals surface area contributed by atoms with Crippen molar-refractivity contribution >= 4 is 11.7 Å². The third-order valence-corrected chi connectivity index (χ3v) is 3.90. The van der Waals surface area contributed by atoms with Gasteiger partial charge in [-0.1, -0.05) is 5.16 Å². The normalized spacial score (nSPS) is 15.7. The van der Waals surface area contributed by atoms with E-state index in [0.29, 0.717) is 36.4 Å². The molecular formula is C14H20N6O3. The molecule has 1 saturated heterocycles. The van der Waals surface area contributed by atoms with Gasteiger partial charge in [0.25, 0.3) is 5.88 Å². The average Bonchev–Trinajstić information content (AvgIpc) is 3.13. The van der Waals surface area contributed by atoms with Crippen molar-refractivity contribution in [2.45, 2.75) is 25.7 Å². The summed E-state index contributed by atoms with van der Waals surface area (Å²) in [5.41, 5.74) is 0.564. The molecule has 1 aliphatic heterocycles. The molecule has 9 nitrogen and oxygen atoms in total. The molecule has 23 heavy (non-hydrogen) atoms. The first-order valence-corrected chi connectivity index (χ1v) is 7.50. The van der Waals surface area contributed by atoms with E-state index in [0.717, 1.165) is 12.8 Å². The van der Waals surface area contributed by atoms with Crippen LogP contribution in [0.15, 0.2) is 10.7 Å². The molecule has 3 heterocycles. The number of aryl methyl sites for hydroxylation is 2. The molecule has 0 saturated carbocycles. The van der Waals surface area contributed by atoms with E-state index >= 15 is 0 Å². The van der Waals surface area contributed by atoms with Gasteiger partial charge in [0.2, 0.25) is 5.89 Å². The Balaban J connectivity index is 1.57. The Labute approximate surface area is 133 Å². The lowest BCUT2D eigenvalue weighted by atomic mass is 9.97. The van der Waals surface area contributed by atoms with Crippen LogP contribution in [-0.4, -0.2) is 51.1 Å². The zero-order chi connectivity index (χ0) is 16.4. The summed E-state index contributed by atoms with van der Waals surface area (Å²) in [6.45, 7) is 3.08. The fourth-order valence-corrected chi connectivity index (χ4v) is 2.71. The van der Waals surface area contributed by atoms with Gasteiger partial charge < -0.3 is 19.5 Å². The first-order valence-electron chi connectivity index (χ1n) is 7.50. The van der Waals surface area contributed by atoms with Gasteiger partial charge in [0.1, 0.15) is 5.69 Å². The van der Waals surface area contributed by atoms with Gasteiger partial charge in [0, 0.05) is 26.1 Å². The maximum atomic E-state index is 12.4. The van der Waals surface area contributed by atoms with Gasteiger partial charge in [0.15, 0.2) is 5.82 Å². The summed E-state index contributed by atoms with van der Waals surface area (Å²) < 4.78 is 12.0. The molecule has 0 unspecified atom stereocenters. The zero-order valence-electron chi connectivity index (χ0n) is 13.4. The fourth-order valence-electron chi connectivity index (χ4n) is 2.71. The van der Waals surface area contributed by atoms with Crippen molar-refractivity contribution in [3.05, 3.63) is 17.9 Å². The van der Waals surface area contributed by atoms with Crippen LogP contribution in [0.5, 0.6) is 5.88 Å². The van der Waals surface area contributed by atoms with Gasteiger partial charge >= 0.3 is 6.03 Å². The number of aromatic nitrogens is 4. The molecule has 0 spiro atoms. The van der Waals surface area contributed by atoms with Crippen molar-refractivity contribution in [1.82, 2.24) is 24.8 Å². The molecule has 0 aromatic carbocycles. The summed E-state index contributed by atoms with van der Waals surface area (Å²) in [5, 5.41) is 10.8. The molecule has 9 heteroatoms. The lowest BCUT2D eigenvalue weighted by molar-refractivity contribution is 0.187. The molecule has 3 rings (SSSR count). The van der Waals surface area contributed by atoms with E-state index in [1.807, 2.05) is 0 Å². The second kappa shape index (κ2) is 6.27. The summed E-state index contributed by atoms with van der Waals surface area (Å²) in [4.78, 5) is 18.4. The van der Waals surface area contributed by atoms with E-state index in [9.17, 15) is 4.79 Å². The summed E-state index contributed by atoms with van der Waals surface area (Å²) in [6, 6.07) is -0.156. The molecule has 0 bridgehead atoms. The highest BCUT2D eigenvalue weighted by atomic mass is 16.5. The monoisotopic (exact) mass is 320 g/mol. The summed E-state index contributed by atoms with van der Waals surface area (Å²) in [6.07, 6.45) is 3.32. The van der Waals surface area contributed by atoms with Crippen molar-refractivity contribution in [2.24, 2.45) is 7.05 Å². The minimum atomic E-state index is -0.156. The highest BCUT2D eigenvalue weighted by Crippen LogP contribution is 2.28. The van der Waals surface area contributed by atoms with Crippen LogP contribution in [0.1, 0.15) is 30.5 Å². The minimum Gasteiger partial charge on any atom is -0.478 e. The first kappa shape index (κ1) is 15.3. The number of carbonyl (C=O) groups excluding carboxylic acids is 1. The Kier molecular flexibility index (Phi) is 4.18. The Morgan fingerprint density at radius 2 is 2.17 bits per heavy atom. The number of carbonyl (C=O) groups is 1. The second-order valence-electron chi connectivity index (χ2n) is 5.60. The van der Waals surface area contributed by atoms with Gasteiger partial charge in [-0.2, -0.15) is 4.98 Å². The molecule has 0 radical (unpaired) electrons. The lowest BCUT2D eigenvalue weighted by Crippen LogP contribution is -2.40. The van der Waals surface area contributed by atoms with Crippen molar-refractivity contribution < 1.29 is 14.1 Å². The fraction of sp³-hybridized carbons (Fsp3) is 0.571. The number of hydrogen-bond donors (Lipinski definition) is 1. The number of nitrogens with one attached hydrogen (secondary N) is 1.